The van der Waals surface area contributed by atoms with Gasteiger partial charge in [0.1, 0.15) is 5.69 Å². The van der Waals surface area contributed by atoms with Crippen molar-refractivity contribution >= 4 is 28.2 Å². The lowest BCUT2D eigenvalue weighted by molar-refractivity contribution is -0.143. The van der Waals surface area contributed by atoms with E-state index in [0.717, 1.165) is 23.1 Å². The summed E-state index contributed by atoms with van der Waals surface area (Å²) in [7, 11) is 0. The van der Waals surface area contributed by atoms with Crippen molar-refractivity contribution in [3.8, 4) is 5.69 Å². The van der Waals surface area contributed by atoms with Gasteiger partial charge in [-0.3, -0.25) is 14.9 Å². The normalized spacial score (nSPS) is 11.4. The Hall–Kier alpha value is -3.01. The maximum absolute atomic E-state index is 13.6. The third-order valence-electron chi connectivity index (χ3n) is 3.65. The van der Waals surface area contributed by atoms with Gasteiger partial charge in [0.15, 0.2) is 16.6 Å². The summed E-state index contributed by atoms with van der Waals surface area (Å²) >= 11 is 0.947. The van der Waals surface area contributed by atoms with Crippen LogP contribution in [0.15, 0.2) is 35.8 Å². The molecule has 3 aromatic rings. The van der Waals surface area contributed by atoms with Crippen molar-refractivity contribution in [3.05, 3.63) is 58.4 Å². The van der Waals surface area contributed by atoms with Crippen molar-refractivity contribution in [3.63, 3.8) is 0 Å². The molecule has 1 aromatic carbocycles. The van der Waals surface area contributed by atoms with Crippen molar-refractivity contribution in [2.75, 3.05) is 5.32 Å². The van der Waals surface area contributed by atoms with Crippen molar-refractivity contribution in [2.45, 2.75) is 20.0 Å². The third kappa shape index (κ3) is 3.90. The smallest absolute Gasteiger partial charge is 0.298 e. The van der Waals surface area contributed by atoms with E-state index in [1.54, 1.807) is 19.1 Å². The number of thiazole rings is 1. The van der Waals surface area contributed by atoms with Crippen LogP contribution in [0.3, 0.4) is 0 Å². The first-order chi connectivity index (χ1) is 12.7. The van der Waals surface area contributed by atoms with Gasteiger partial charge < -0.3 is 0 Å². The lowest BCUT2D eigenvalue weighted by Crippen LogP contribution is -2.20. The Bertz CT molecular complexity index is 1010. The first-order valence-corrected chi connectivity index (χ1v) is 8.55. The Morgan fingerprint density at radius 3 is 2.41 bits per heavy atom. The molecule has 0 radical (unpaired) electrons. The number of amides is 1. The number of alkyl halides is 3. The Kier molecular flexibility index (Phi) is 4.83. The number of hydrogen-bond donors (Lipinski definition) is 1. The lowest BCUT2D eigenvalue weighted by atomic mass is 10.2. The standard InChI is InChI=1S/C17H13F3N4O2S/c1-9-3-5-11(6-4-9)24-14(17(18,19)20)12(7-21-24)15(26)23-16-22-13(8-27-16)10(2)25/h3-8H,1-2H3,(H,22,23,26). The summed E-state index contributed by atoms with van der Waals surface area (Å²) in [6.07, 6.45) is -3.95. The number of anilines is 1. The van der Waals surface area contributed by atoms with E-state index in [-0.39, 0.29) is 22.3 Å². The molecule has 0 bridgehead atoms. The zero-order valence-corrected chi connectivity index (χ0v) is 15.0. The predicted octanol–water partition coefficient (Wildman–Crippen LogP) is 4.11. The molecule has 1 N–H and O–H groups in total. The number of aromatic nitrogens is 3. The number of ketones is 1. The largest absolute Gasteiger partial charge is 0.434 e. The molecule has 0 atom stereocenters. The molecule has 0 aliphatic heterocycles. The van der Waals surface area contributed by atoms with Crippen LogP contribution in [0.1, 0.15) is 39.0 Å². The minimum Gasteiger partial charge on any atom is -0.298 e. The van der Waals surface area contributed by atoms with Gasteiger partial charge in [-0.1, -0.05) is 17.7 Å². The number of carbonyl (C=O) groups is 2. The second-order valence-electron chi connectivity index (χ2n) is 5.70. The van der Waals surface area contributed by atoms with Crippen molar-refractivity contribution in [2.24, 2.45) is 0 Å². The molecule has 1 amide bonds. The van der Waals surface area contributed by atoms with Gasteiger partial charge in [-0.05, 0) is 19.1 Å². The topological polar surface area (TPSA) is 76.9 Å². The van der Waals surface area contributed by atoms with Crippen molar-refractivity contribution < 1.29 is 22.8 Å². The molecule has 0 saturated heterocycles. The molecular formula is C17H13F3N4O2S. The van der Waals surface area contributed by atoms with E-state index in [2.05, 4.69) is 15.4 Å². The van der Waals surface area contributed by atoms with Crippen LogP contribution in [0, 0.1) is 6.92 Å². The van der Waals surface area contributed by atoms with Gasteiger partial charge >= 0.3 is 6.18 Å². The average Bonchev–Trinajstić information content (AvgIpc) is 3.22. The van der Waals surface area contributed by atoms with Crippen LogP contribution in [0.25, 0.3) is 5.69 Å². The number of Topliss-reactive ketones (excluding diaryl/α,β-unsaturated/α-hetero) is 1. The molecule has 6 nitrogen and oxygen atoms in total. The van der Waals surface area contributed by atoms with Crippen LogP contribution >= 0.6 is 11.3 Å². The summed E-state index contributed by atoms with van der Waals surface area (Å²) in [6, 6.07) is 6.27. The maximum Gasteiger partial charge on any atom is 0.434 e. The van der Waals surface area contributed by atoms with E-state index in [0.29, 0.717) is 4.68 Å². The van der Waals surface area contributed by atoms with Crippen molar-refractivity contribution in [1.29, 1.82) is 0 Å². The highest BCUT2D eigenvalue weighted by atomic mass is 32.1. The highest BCUT2D eigenvalue weighted by molar-refractivity contribution is 7.14. The quantitative estimate of drug-likeness (QED) is 0.676. The highest BCUT2D eigenvalue weighted by Gasteiger charge is 2.40. The van der Waals surface area contributed by atoms with Crippen LogP contribution in [-0.4, -0.2) is 26.5 Å². The second kappa shape index (κ2) is 6.95. The number of halogens is 3. The zero-order chi connectivity index (χ0) is 19.8. The Morgan fingerprint density at radius 2 is 1.85 bits per heavy atom. The number of nitrogens with one attached hydrogen (secondary N) is 1. The number of nitrogens with zero attached hydrogens (tertiary/aromatic N) is 3. The van der Waals surface area contributed by atoms with E-state index in [1.807, 2.05) is 0 Å². The summed E-state index contributed by atoms with van der Waals surface area (Å²) in [4.78, 5) is 27.5. The molecule has 0 spiro atoms. The van der Waals surface area contributed by atoms with Gasteiger partial charge in [0.25, 0.3) is 5.91 Å². The molecule has 0 aliphatic rings. The lowest BCUT2D eigenvalue weighted by Gasteiger charge is -2.12. The molecule has 0 aliphatic carbocycles. The van der Waals surface area contributed by atoms with Gasteiger partial charge in [0, 0.05) is 12.3 Å². The fourth-order valence-corrected chi connectivity index (χ4v) is 3.07. The average molecular weight is 394 g/mol. The van der Waals surface area contributed by atoms with E-state index in [1.165, 1.54) is 24.4 Å². The molecule has 3 rings (SSSR count). The first-order valence-electron chi connectivity index (χ1n) is 7.67. The predicted molar refractivity (Wildman–Crippen MR) is 93.4 cm³/mol. The molecule has 140 valence electrons. The Morgan fingerprint density at radius 1 is 1.19 bits per heavy atom. The van der Waals surface area contributed by atoms with Crippen LogP contribution in [-0.2, 0) is 6.18 Å². The summed E-state index contributed by atoms with van der Waals surface area (Å²) in [5, 5.41) is 7.47. The Balaban J connectivity index is 1.98. The molecule has 2 heterocycles. The second-order valence-corrected chi connectivity index (χ2v) is 6.56. The molecule has 0 unspecified atom stereocenters. The summed E-state index contributed by atoms with van der Waals surface area (Å²) < 4.78 is 41.5. The fraction of sp³-hybridized carbons (Fsp3) is 0.176. The highest BCUT2D eigenvalue weighted by Crippen LogP contribution is 2.34. The fourth-order valence-electron chi connectivity index (χ4n) is 2.33. The molecule has 2 aromatic heterocycles. The van der Waals surface area contributed by atoms with E-state index in [4.69, 9.17) is 0 Å². The monoisotopic (exact) mass is 394 g/mol. The van der Waals surface area contributed by atoms with E-state index in [9.17, 15) is 22.8 Å². The maximum atomic E-state index is 13.6. The zero-order valence-electron chi connectivity index (χ0n) is 14.2. The molecule has 0 fully saturated rings. The molecule has 0 saturated carbocycles. The van der Waals surface area contributed by atoms with Gasteiger partial charge in [0.05, 0.1) is 17.4 Å². The van der Waals surface area contributed by atoms with Gasteiger partial charge in [0.2, 0.25) is 0 Å². The first kappa shape index (κ1) is 18.8. The van der Waals surface area contributed by atoms with Crippen LogP contribution in [0.2, 0.25) is 0 Å². The van der Waals surface area contributed by atoms with Crippen LogP contribution < -0.4 is 5.32 Å². The van der Waals surface area contributed by atoms with E-state index < -0.39 is 23.3 Å². The van der Waals surface area contributed by atoms with E-state index >= 15 is 0 Å². The van der Waals surface area contributed by atoms with Crippen LogP contribution in [0.4, 0.5) is 18.3 Å². The summed E-state index contributed by atoms with van der Waals surface area (Å²) in [5.41, 5.74) is -0.640. The minimum absolute atomic E-state index is 0.0291. The van der Waals surface area contributed by atoms with Crippen LogP contribution in [0.5, 0.6) is 0 Å². The summed E-state index contributed by atoms with van der Waals surface area (Å²) in [6.45, 7) is 3.10. The number of aryl methyl sites for hydroxylation is 1. The number of hydrogen-bond acceptors (Lipinski definition) is 5. The third-order valence-corrected chi connectivity index (χ3v) is 4.40. The number of carbonyl (C=O) groups excluding carboxylic acids is 2. The minimum atomic E-state index is -4.80. The molecule has 10 heteroatoms. The van der Waals surface area contributed by atoms with Gasteiger partial charge in [-0.2, -0.15) is 18.3 Å². The number of benzene rings is 1. The SMILES string of the molecule is CC(=O)c1csc(NC(=O)c2cnn(-c3ccc(C)cc3)c2C(F)(F)F)n1. The van der Waals surface area contributed by atoms with Crippen molar-refractivity contribution in [1.82, 2.24) is 14.8 Å². The molecular weight excluding hydrogens is 381 g/mol. The Labute approximate surface area is 155 Å². The van der Waals surface area contributed by atoms with Gasteiger partial charge in [-0.15, -0.1) is 11.3 Å². The van der Waals surface area contributed by atoms with Gasteiger partial charge in [-0.25, -0.2) is 9.67 Å². The molecule has 27 heavy (non-hydrogen) atoms. The summed E-state index contributed by atoms with van der Waals surface area (Å²) in [5.74, 6) is -1.32. The number of rotatable bonds is 4.